The second-order valence-electron chi connectivity index (χ2n) is 16.2. The van der Waals surface area contributed by atoms with Crippen molar-refractivity contribution in [3.8, 4) is 23.0 Å². The zero-order valence-corrected chi connectivity index (χ0v) is 38.2. The Morgan fingerprint density at radius 1 is 0.785 bits per heavy atom. The molecule has 1 aliphatic carbocycles. The molecule has 2 spiro atoms. The first kappa shape index (κ1) is 41.5. The molecule has 0 radical (unpaired) electrons. The van der Waals surface area contributed by atoms with Crippen LogP contribution in [0, 0.1) is 18.8 Å². The number of thiophene rings is 1. The third kappa shape index (κ3) is 6.04. The van der Waals surface area contributed by atoms with Gasteiger partial charge in [0, 0.05) is 66.1 Å². The number of nitrogens with one attached hydrogen (secondary N) is 3. The van der Waals surface area contributed by atoms with Gasteiger partial charge in [0.2, 0.25) is 17.3 Å². The average Bonchev–Trinajstić information content (AvgIpc) is 4.02. The molecule has 18 heteroatoms. The highest BCUT2D eigenvalue weighted by Crippen LogP contribution is 2.66. The molecule has 14 nitrogen and oxygen atoms in total. The second-order valence-corrected chi connectivity index (χ2v) is 19.6. The number of aliphatic hydroxyl groups is 1. The lowest BCUT2D eigenvalue weighted by molar-refractivity contribution is -0.251. The second kappa shape index (κ2) is 14.7. The summed E-state index contributed by atoms with van der Waals surface area (Å²) in [6.07, 6.45) is -1.11. The minimum Gasteiger partial charge on any atom is -0.508 e. The number of Topliss-reactive ketones (excluding diaryl/α,β-unsaturated/α-hetero) is 1. The first-order valence-electron chi connectivity index (χ1n) is 20.0. The van der Waals surface area contributed by atoms with Gasteiger partial charge in [-0.25, -0.2) is 4.79 Å². The van der Waals surface area contributed by atoms with Crippen molar-refractivity contribution < 1.29 is 53.4 Å². The van der Waals surface area contributed by atoms with Crippen molar-refractivity contribution in [1.82, 2.24) is 5.32 Å². The maximum absolute atomic E-state index is 14.4. The summed E-state index contributed by atoms with van der Waals surface area (Å²) in [5, 5.41) is 41.9. The third-order valence-electron chi connectivity index (χ3n) is 12.5. The highest BCUT2D eigenvalue weighted by atomic mass is 79.9. The summed E-state index contributed by atoms with van der Waals surface area (Å²) in [4.78, 5) is 56.8. The first-order valence-corrected chi connectivity index (χ1v) is 22.8. The molecule has 65 heavy (non-hydrogen) atoms. The number of aryl methyl sites for hydroxylation is 1. The van der Waals surface area contributed by atoms with Gasteiger partial charge in [-0.05, 0) is 129 Å². The molecule has 5 atom stereocenters. The van der Waals surface area contributed by atoms with E-state index in [0.717, 1.165) is 26.3 Å². The van der Waals surface area contributed by atoms with Crippen molar-refractivity contribution in [1.29, 1.82) is 0 Å². The van der Waals surface area contributed by atoms with E-state index in [2.05, 4.69) is 47.8 Å². The summed E-state index contributed by atoms with van der Waals surface area (Å²) in [6.45, 7) is 2.06. The largest absolute Gasteiger partial charge is 0.508 e. The number of thiocarbonyl (C=S) groups is 1. The molecular weight excluding hydrogens is 1010 g/mol. The van der Waals surface area contributed by atoms with Crippen molar-refractivity contribution in [3.63, 3.8) is 0 Å². The van der Waals surface area contributed by atoms with Crippen LogP contribution in [0.5, 0.6) is 23.0 Å². The lowest BCUT2D eigenvalue weighted by Crippen LogP contribution is -2.53. The molecule has 3 unspecified atom stereocenters. The van der Waals surface area contributed by atoms with Gasteiger partial charge in [0.05, 0.1) is 22.5 Å². The fraction of sp³-hybridized carbons (Fsp3) is 0.170. The van der Waals surface area contributed by atoms with Crippen molar-refractivity contribution in [2.45, 2.75) is 36.6 Å². The Balaban J connectivity index is 0.796. The molecule has 1 amide bonds. The molecule has 2 saturated heterocycles. The number of amides is 1. The maximum atomic E-state index is 14.4. The lowest BCUT2D eigenvalue weighted by atomic mass is 9.75. The Hall–Kier alpha value is -6.15. The van der Waals surface area contributed by atoms with Gasteiger partial charge in [-0.15, -0.1) is 11.3 Å². The number of rotatable bonds is 6. The highest BCUT2D eigenvalue weighted by Gasteiger charge is 2.83. The van der Waals surface area contributed by atoms with E-state index in [0.29, 0.717) is 38.1 Å². The quantitative estimate of drug-likeness (QED) is 0.0687. The smallest absolute Gasteiger partial charge is 0.340 e. The molecule has 4 aliphatic heterocycles. The fourth-order valence-corrected chi connectivity index (χ4v) is 11.6. The van der Waals surface area contributed by atoms with Crippen molar-refractivity contribution in [3.05, 3.63) is 161 Å². The fourth-order valence-electron chi connectivity index (χ4n) is 9.69. The normalized spacial score (nSPS) is 23.6. The number of ketones is 1. The number of esters is 2. The van der Waals surface area contributed by atoms with Crippen LogP contribution < -0.4 is 20.7 Å². The van der Waals surface area contributed by atoms with E-state index in [9.17, 15) is 34.5 Å². The molecule has 2 fully saturated rings. The van der Waals surface area contributed by atoms with E-state index < -0.39 is 58.6 Å². The van der Waals surface area contributed by atoms with Crippen LogP contribution in [0.1, 0.15) is 64.4 Å². The van der Waals surface area contributed by atoms with Gasteiger partial charge < -0.3 is 50.2 Å². The summed E-state index contributed by atoms with van der Waals surface area (Å²) >= 11 is 13.7. The molecule has 5 aromatic carbocycles. The number of phenolic OH excluding ortho intramolecular Hbond substituents is 2. The first-order chi connectivity index (χ1) is 31.1. The molecular formula is C47H31Br2N3O11S2. The molecule has 6 N–H and O–H groups in total. The third-order valence-corrected chi connectivity index (χ3v) is 15.7. The van der Waals surface area contributed by atoms with Crippen LogP contribution in [-0.2, 0) is 41.7 Å². The number of aromatic hydroxyl groups is 2. The number of carbonyl (C=O) groups is 4. The topological polar surface area (TPSA) is 202 Å². The summed E-state index contributed by atoms with van der Waals surface area (Å²) in [5.74, 6) is -7.39. The average molecular weight is 1040 g/mol. The molecule has 1 aromatic heterocycles. The van der Waals surface area contributed by atoms with Crippen LogP contribution >= 0.6 is 55.4 Å². The summed E-state index contributed by atoms with van der Waals surface area (Å²) in [5.41, 5.74) is 0.690. The van der Waals surface area contributed by atoms with Gasteiger partial charge in [0.15, 0.2) is 10.7 Å². The van der Waals surface area contributed by atoms with E-state index in [1.807, 2.05) is 0 Å². The van der Waals surface area contributed by atoms with E-state index in [4.69, 9.17) is 31.2 Å². The number of hydrogen-bond donors (Lipinski definition) is 6. The number of fused-ring (bicyclic) bond motifs is 8. The van der Waals surface area contributed by atoms with E-state index in [1.54, 1.807) is 85.8 Å². The van der Waals surface area contributed by atoms with Gasteiger partial charge in [0.25, 0.3) is 5.79 Å². The number of halogens is 2. The van der Waals surface area contributed by atoms with Crippen LogP contribution in [0.3, 0.4) is 0 Å². The highest BCUT2D eigenvalue weighted by molar-refractivity contribution is 9.13. The SMILES string of the molecule is Cc1cc2c(s1)C1(O)OC(=O)C3[C@H](C(=O)Nc4ccc(CNC(=S)Nc5ccc6c(c5)C(=O)OC65c6ccc(O)cc6Oc6cc(O)ccc65)cc4)[C@H](c4ccc(Br)c(Br)c4)OC31C2=O. The number of anilines is 2. The summed E-state index contributed by atoms with van der Waals surface area (Å²) < 4.78 is 25.7. The summed E-state index contributed by atoms with van der Waals surface area (Å²) in [6, 6.07) is 28.0. The van der Waals surface area contributed by atoms with Crippen LogP contribution in [0.4, 0.5) is 11.4 Å². The van der Waals surface area contributed by atoms with Gasteiger partial charge in [-0.1, -0.05) is 24.3 Å². The maximum Gasteiger partial charge on any atom is 0.340 e. The van der Waals surface area contributed by atoms with Crippen LogP contribution in [0.15, 0.2) is 112 Å². The van der Waals surface area contributed by atoms with Gasteiger partial charge >= 0.3 is 11.9 Å². The number of hydrogen-bond acceptors (Lipinski definition) is 13. The number of ether oxygens (including phenoxy) is 4. The Morgan fingerprint density at radius 3 is 2.15 bits per heavy atom. The van der Waals surface area contributed by atoms with Crippen LogP contribution in [-0.4, -0.2) is 49.7 Å². The molecule has 5 aliphatic rings. The van der Waals surface area contributed by atoms with Crippen molar-refractivity contribution >= 4 is 95.5 Å². The van der Waals surface area contributed by atoms with E-state index in [-0.39, 0.29) is 50.7 Å². The molecule has 11 rings (SSSR count). The molecule has 0 bridgehead atoms. The number of benzene rings is 5. The van der Waals surface area contributed by atoms with Crippen molar-refractivity contribution in [2.24, 2.45) is 11.8 Å². The zero-order chi connectivity index (χ0) is 45.3. The van der Waals surface area contributed by atoms with Crippen LogP contribution in [0.25, 0.3) is 0 Å². The molecule has 5 heterocycles. The van der Waals surface area contributed by atoms with Crippen LogP contribution in [0.2, 0.25) is 0 Å². The van der Waals surface area contributed by atoms with Gasteiger partial charge in [-0.3, -0.25) is 14.4 Å². The molecule has 0 saturated carbocycles. The lowest BCUT2D eigenvalue weighted by Gasteiger charge is -2.36. The zero-order valence-electron chi connectivity index (χ0n) is 33.4. The predicted octanol–water partition coefficient (Wildman–Crippen LogP) is 8.33. The molecule has 6 aromatic rings. The predicted molar refractivity (Wildman–Crippen MR) is 245 cm³/mol. The van der Waals surface area contributed by atoms with E-state index >= 15 is 0 Å². The monoisotopic (exact) mass is 1030 g/mol. The van der Waals surface area contributed by atoms with Crippen molar-refractivity contribution in [2.75, 3.05) is 10.6 Å². The van der Waals surface area contributed by atoms with E-state index in [1.165, 1.54) is 24.3 Å². The van der Waals surface area contributed by atoms with Gasteiger partial charge in [0.1, 0.15) is 28.9 Å². The minimum atomic E-state index is -2.40. The standard InChI is InChI=1S/C47H31Br2N3O11S2/c1-20-14-28-39(55)46-37(43(58)63-47(46,59)40(28)65-20)36(38(61-46)22-4-13-32(48)33(49)15-22)41(56)51-23-5-2-21(3-6-23)19-50-44(64)52-24-7-10-29-27(16-24)42(57)62-45(29)30-11-8-25(53)17-34(30)60-35-18-26(54)9-12-31(35)45/h2-18,36-38,53-54,59H,19H2,1H3,(H,51,56)(H2,50,52,64)/t36-,37?,38-,46?,47?/m0/s1. The molecule has 326 valence electrons. The Labute approximate surface area is 394 Å². The number of carbonyl (C=O) groups excluding carboxylic acids is 4. The Bertz CT molecular complexity index is 3090. The number of phenols is 2. The van der Waals surface area contributed by atoms with Gasteiger partial charge in [-0.2, -0.15) is 0 Å². The summed E-state index contributed by atoms with van der Waals surface area (Å²) in [7, 11) is 0. The Morgan fingerprint density at radius 2 is 1.46 bits per heavy atom. The minimum absolute atomic E-state index is 0.0438. The Kier molecular flexibility index (Phi) is 9.38.